The SMILES string of the molecule is Cc1onc(C(=O)N2CCC(Cc3ccccc3)CC2)c1COc1cccc(Cl)c1. The molecule has 1 amide bonds. The molecule has 1 aliphatic rings. The van der Waals surface area contributed by atoms with Gasteiger partial charge >= 0.3 is 0 Å². The molecule has 0 unspecified atom stereocenters. The van der Waals surface area contributed by atoms with Crippen molar-refractivity contribution >= 4 is 17.5 Å². The number of ether oxygens (including phenoxy) is 1. The van der Waals surface area contributed by atoms with Gasteiger partial charge in [0.15, 0.2) is 5.69 Å². The lowest BCUT2D eigenvalue weighted by Crippen LogP contribution is -2.39. The van der Waals surface area contributed by atoms with Gasteiger partial charge in [-0.05, 0) is 55.9 Å². The van der Waals surface area contributed by atoms with E-state index in [-0.39, 0.29) is 12.5 Å². The molecule has 1 fully saturated rings. The molecule has 2 aromatic carbocycles. The zero-order chi connectivity index (χ0) is 20.9. The molecule has 0 aliphatic carbocycles. The number of piperidine rings is 1. The number of nitrogens with zero attached hydrogens (tertiary/aromatic N) is 2. The monoisotopic (exact) mass is 424 g/mol. The van der Waals surface area contributed by atoms with E-state index >= 15 is 0 Å². The summed E-state index contributed by atoms with van der Waals surface area (Å²) in [7, 11) is 0. The molecule has 4 rings (SSSR count). The first-order valence-corrected chi connectivity index (χ1v) is 10.6. The zero-order valence-electron chi connectivity index (χ0n) is 17.0. The van der Waals surface area contributed by atoms with Crippen molar-refractivity contribution in [2.45, 2.75) is 32.8 Å². The average Bonchev–Trinajstić information content (AvgIpc) is 3.13. The minimum atomic E-state index is -0.0882. The fraction of sp³-hybridized carbons (Fsp3) is 0.333. The predicted octanol–water partition coefficient (Wildman–Crippen LogP) is 5.31. The van der Waals surface area contributed by atoms with E-state index in [9.17, 15) is 4.79 Å². The third-order valence-electron chi connectivity index (χ3n) is 5.64. The van der Waals surface area contributed by atoms with Gasteiger partial charge in [0, 0.05) is 18.1 Å². The van der Waals surface area contributed by atoms with Crippen molar-refractivity contribution in [3.8, 4) is 5.75 Å². The first-order chi connectivity index (χ1) is 14.6. The summed E-state index contributed by atoms with van der Waals surface area (Å²) in [6.45, 7) is 3.47. The van der Waals surface area contributed by atoms with Gasteiger partial charge < -0.3 is 14.2 Å². The molecule has 0 saturated carbocycles. The van der Waals surface area contributed by atoms with Crippen LogP contribution < -0.4 is 4.74 Å². The van der Waals surface area contributed by atoms with Gasteiger partial charge in [0.05, 0.1) is 5.56 Å². The highest BCUT2D eigenvalue weighted by Gasteiger charge is 2.28. The van der Waals surface area contributed by atoms with Gasteiger partial charge in [-0.3, -0.25) is 4.79 Å². The van der Waals surface area contributed by atoms with E-state index in [0.29, 0.717) is 33.7 Å². The van der Waals surface area contributed by atoms with Crippen LogP contribution in [0.2, 0.25) is 5.02 Å². The van der Waals surface area contributed by atoms with Crippen LogP contribution >= 0.6 is 11.6 Å². The highest BCUT2D eigenvalue weighted by atomic mass is 35.5. The molecule has 0 radical (unpaired) electrons. The Kier molecular flexibility index (Phi) is 6.38. The Morgan fingerprint density at radius 2 is 1.93 bits per heavy atom. The molecule has 0 N–H and O–H groups in total. The highest BCUT2D eigenvalue weighted by Crippen LogP contribution is 2.25. The Bertz CT molecular complexity index is 995. The van der Waals surface area contributed by atoms with Crippen molar-refractivity contribution < 1.29 is 14.1 Å². The highest BCUT2D eigenvalue weighted by molar-refractivity contribution is 6.30. The summed E-state index contributed by atoms with van der Waals surface area (Å²) in [4.78, 5) is 15.0. The smallest absolute Gasteiger partial charge is 0.276 e. The van der Waals surface area contributed by atoms with E-state index in [2.05, 4.69) is 29.4 Å². The molecule has 30 heavy (non-hydrogen) atoms. The van der Waals surface area contributed by atoms with Crippen molar-refractivity contribution in [3.05, 3.63) is 82.2 Å². The number of hydrogen-bond donors (Lipinski definition) is 0. The van der Waals surface area contributed by atoms with Crippen LogP contribution in [0.25, 0.3) is 0 Å². The number of hydrogen-bond acceptors (Lipinski definition) is 4. The first kappa shape index (κ1) is 20.5. The topological polar surface area (TPSA) is 55.6 Å². The maximum absolute atomic E-state index is 13.1. The predicted molar refractivity (Wildman–Crippen MR) is 116 cm³/mol. The quantitative estimate of drug-likeness (QED) is 0.538. The molecule has 3 aromatic rings. The molecular formula is C24H25ClN2O3. The fourth-order valence-electron chi connectivity index (χ4n) is 3.88. The molecule has 1 aliphatic heterocycles. The number of carbonyl (C=O) groups is 1. The lowest BCUT2D eigenvalue weighted by atomic mass is 9.90. The number of benzene rings is 2. The maximum Gasteiger partial charge on any atom is 0.276 e. The second-order valence-corrected chi connectivity index (χ2v) is 8.17. The number of aromatic nitrogens is 1. The molecule has 1 saturated heterocycles. The third-order valence-corrected chi connectivity index (χ3v) is 5.87. The number of likely N-dealkylation sites (tertiary alicyclic amines) is 1. The van der Waals surface area contributed by atoms with Crippen LogP contribution in [0.15, 0.2) is 59.1 Å². The van der Waals surface area contributed by atoms with E-state index in [1.54, 1.807) is 19.1 Å². The molecule has 2 heterocycles. The van der Waals surface area contributed by atoms with Crippen molar-refractivity contribution in [1.82, 2.24) is 10.1 Å². The summed E-state index contributed by atoms with van der Waals surface area (Å²) >= 11 is 6.01. The molecule has 156 valence electrons. The normalized spacial score (nSPS) is 14.7. The molecule has 0 bridgehead atoms. The van der Waals surface area contributed by atoms with Crippen molar-refractivity contribution in [2.24, 2.45) is 5.92 Å². The standard InChI is InChI=1S/C24H25ClN2O3/c1-17-22(16-29-21-9-5-8-20(25)15-21)23(26-30-17)24(28)27-12-10-19(11-13-27)14-18-6-3-2-4-7-18/h2-9,15,19H,10-14,16H2,1H3. The van der Waals surface area contributed by atoms with E-state index in [4.69, 9.17) is 20.9 Å². The van der Waals surface area contributed by atoms with Crippen molar-refractivity contribution in [1.29, 1.82) is 0 Å². The van der Waals surface area contributed by atoms with Crippen LogP contribution in [0.5, 0.6) is 5.75 Å². The Morgan fingerprint density at radius 3 is 2.67 bits per heavy atom. The van der Waals surface area contributed by atoms with Gasteiger partial charge in [-0.15, -0.1) is 0 Å². The number of amides is 1. The first-order valence-electron chi connectivity index (χ1n) is 10.3. The number of rotatable bonds is 6. The molecule has 1 aromatic heterocycles. The second kappa shape index (κ2) is 9.35. The molecule has 0 spiro atoms. The Hall–Kier alpha value is -2.79. The lowest BCUT2D eigenvalue weighted by molar-refractivity contribution is 0.0677. The van der Waals surface area contributed by atoms with E-state index in [1.807, 2.05) is 23.1 Å². The minimum absolute atomic E-state index is 0.0882. The summed E-state index contributed by atoms with van der Waals surface area (Å²) in [5, 5.41) is 4.64. The summed E-state index contributed by atoms with van der Waals surface area (Å²) in [5.74, 6) is 1.75. The Morgan fingerprint density at radius 1 is 1.17 bits per heavy atom. The fourth-order valence-corrected chi connectivity index (χ4v) is 4.06. The molecular weight excluding hydrogens is 400 g/mol. The van der Waals surface area contributed by atoms with Gasteiger partial charge in [0.2, 0.25) is 0 Å². The van der Waals surface area contributed by atoms with Gasteiger partial charge in [-0.1, -0.05) is 53.2 Å². The molecule has 0 atom stereocenters. The van der Waals surface area contributed by atoms with Crippen molar-refractivity contribution in [3.63, 3.8) is 0 Å². The largest absolute Gasteiger partial charge is 0.489 e. The second-order valence-electron chi connectivity index (χ2n) is 7.74. The third kappa shape index (κ3) is 4.85. The van der Waals surface area contributed by atoms with Crippen LogP contribution in [-0.4, -0.2) is 29.1 Å². The van der Waals surface area contributed by atoms with Crippen LogP contribution in [-0.2, 0) is 13.0 Å². The van der Waals surface area contributed by atoms with Crippen LogP contribution in [0.4, 0.5) is 0 Å². The van der Waals surface area contributed by atoms with E-state index in [0.717, 1.165) is 32.4 Å². The van der Waals surface area contributed by atoms with Gasteiger partial charge in [-0.25, -0.2) is 0 Å². The summed E-state index contributed by atoms with van der Waals surface area (Å²) < 4.78 is 11.1. The zero-order valence-corrected chi connectivity index (χ0v) is 17.8. The summed E-state index contributed by atoms with van der Waals surface area (Å²) in [5.41, 5.74) is 2.39. The maximum atomic E-state index is 13.1. The molecule has 5 nitrogen and oxygen atoms in total. The lowest BCUT2D eigenvalue weighted by Gasteiger charge is -2.31. The van der Waals surface area contributed by atoms with Crippen LogP contribution in [0, 0.1) is 12.8 Å². The van der Waals surface area contributed by atoms with Crippen LogP contribution in [0.3, 0.4) is 0 Å². The average molecular weight is 425 g/mol. The Labute approximate surface area is 181 Å². The van der Waals surface area contributed by atoms with E-state index < -0.39 is 0 Å². The summed E-state index contributed by atoms with van der Waals surface area (Å²) in [6.07, 6.45) is 3.04. The van der Waals surface area contributed by atoms with Crippen LogP contribution in [0.1, 0.15) is 40.2 Å². The number of aryl methyl sites for hydroxylation is 1. The summed E-state index contributed by atoms with van der Waals surface area (Å²) in [6, 6.07) is 17.7. The molecule has 6 heteroatoms. The minimum Gasteiger partial charge on any atom is -0.489 e. The Balaban J connectivity index is 1.37. The number of halogens is 1. The van der Waals surface area contributed by atoms with Gasteiger partial charge in [-0.2, -0.15) is 0 Å². The van der Waals surface area contributed by atoms with Gasteiger partial charge in [0.25, 0.3) is 5.91 Å². The van der Waals surface area contributed by atoms with Gasteiger partial charge in [0.1, 0.15) is 18.1 Å². The van der Waals surface area contributed by atoms with Crippen molar-refractivity contribution in [2.75, 3.05) is 13.1 Å². The van der Waals surface area contributed by atoms with E-state index in [1.165, 1.54) is 5.56 Å². The number of carbonyl (C=O) groups excluding carboxylic acids is 1.